The Balaban J connectivity index is 0.00000264. The first-order valence-corrected chi connectivity index (χ1v) is 8.47. The summed E-state index contributed by atoms with van der Waals surface area (Å²) in [7, 11) is 0. The number of aliphatic imine (C=N–C) groups is 1. The van der Waals surface area contributed by atoms with Crippen LogP contribution in [0.15, 0.2) is 4.99 Å². The molecule has 0 aliphatic carbocycles. The van der Waals surface area contributed by atoms with E-state index < -0.39 is 0 Å². The molecule has 0 aromatic rings. The Hall–Kier alpha value is -0.120. The van der Waals surface area contributed by atoms with Gasteiger partial charge in [0, 0.05) is 37.6 Å². The first kappa shape index (κ1) is 20.9. The lowest BCUT2D eigenvalue weighted by Crippen LogP contribution is -2.44. The number of nitrogens with zero attached hydrogens (tertiary/aromatic N) is 1. The third-order valence-corrected chi connectivity index (χ3v) is 4.00. The number of ether oxygens (including phenoxy) is 3. The van der Waals surface area contributed by atoms with Crippen LogP contribution in [0, 0.1) is 11.3 Å². The van der Waals surface area contributed by atoms with Gasteiger partial charge in [-0.2, -0.15) is 0 Å². The molecule has 0 saturated carbocycles. The molecule has 1 unspecified atom stereocenters. The molecule has 2 aliphatic rings. The summed E-state index contributed by atoms with van der Waals surface area (Å²) in [6.45, 7) is 11.8. The first-order valence-electron chi connectivity index (χ1n) is 8.47. The Morgan fingerprint density at radius 2 is 2.13 bits per heavy atom. The molecular formula is C16H32IN3O3. The van der Waals surface area contributed by atoms with Crippen LogP contribution in [0.25, 0.3) is 0 Å². The minimum absolute atomic E-state index is 0. The molecular weight excluding hydrogens is 409 g/mol. The van der Waals surface area contributed by atoms with E-state index in [0.717, 1.165) is 78.1 Å². The minimum atomic E-state index is 0. The molecule has 0 bridgehead atoms. The van der Waals surface area contributed by atoms with Crippen LogP contribution in [0.3, 0.4) is 0 Å². The van der Waals surface area contributed by atoms with Crippen molar-refractivity contribution in [2.24, 2.45) is 16.3 Å². The maximum atomic E-state index is 5.70. The van der Waals surface area contributed by atoms with E-state index in [4.69, 9.17) is 14.2 Å². The molecule has 2 saturated heterocycles. The summed E-state index contributed by atoms with van der Waals surface area (Å²) in [5.74, 6) is 1.48. The monoisotopic (exact) mass is 441 g/mol. The van der Waals surface area contributed by atoms with Gasteiger partial charge in [0.05, 0.1) is 33.0 Å². The van der Waals surface area contributed by atoms with E-state index >= 15 is 0 Å². The van der Waals surface area contributed by atoms with Crippen LogP contribution in [0.5, 0.6) is 0 Å². The lowest BCUT2D eigenvalue weighted by Gasteiger charge is -2.36. The van der Waals surface area contributed by atoms with Crippen LogP contribution < -0.4 is 10.6 Å². The zero-order valence-corrected chi connectivity index (χ0v) is 16.8. The second-order valence-corrected chi connectivity index (χ2v) is 6.58. The highest BCUT2D eigenvalue weighted by Gasteiger charge is 2.33. The van der Waals surface area contributed by atoms with Gasteiger partial charge in [-0.1, -0.05) is 6.92 Å². The van der Waals surface area contributed by atoms with E-state index in [-0.39, 0.29) is 29.4 Å². The highest BCUT2D eigenvalue weighted by molar-refractivity contribution is 14.0. The van der Waals surface area contributed by atoms with Crippen molar-refractivity contribution in [3.63, 3.8) is 0 Å². The van der Waals surface area contributed by atoms with E-state index in [1.165, 1.54) is 0 Å². The molecule has 136 valence electrons. The third kappa shape index (κ3) is 8.00. The molecule has 2 heterocycles. The van der Waals surface area contributed by atoms with E-state index in [2.05, 4.69) is 29.5 Å². The predicted octanol–water partition coefficient (Wildman–Crippen LogP) is 1.64. The molecule has 2 rings (SSSR count). The summed E-state index contributed by atoms with van der Waals surface area (Å²) in [6.07, 6.45) is 2.12. The van der Waals surface area contributed by atoms with E-state index in [1.54, 1.807) is 0 Å². The SMILES string of the molecule is CCNC(=NCC1(C)COC1)NCCCOCC1CCOC1.I. The normalized spacial score (nSPS) is 23.0. The second-order valence-electron chi connectivity index (χ2n) is 6.58. The van der Waals surface area contributed by atoms with E-state index in [9.17, 15) is 0 Å². The fourth-order valence-corrected chi connectivity index (χ4v) is 2.50. The van der Waals surface area contributed by atoms with Gasteiger partial charge in [-0.15, -0.1) is 24.0 Å². The fraction of sp³-hybridized carbons (Fsp3) is 0.938. The van der Waals surface area contributed by atoms with Crippen LogP contribution in [0.4, 0.5) is 0 Å². The average Bonchev–Trinajstić information content (AvgIpc) is 2.99. The van der Waals surface area contributed by atoms with Crippen LogP contribution in [0.2, 0.25) is 0 Å². The van der Waals surface area contributed by atoms with E-state index in [1.807, 2.05) is 0 Å². The number of nitrogens with one attached hydrogen (secondary N) is 2. The minimum Gasteiger partial charge on any atom is -0.381 e. The van der Waals surface area contributed by atoms with Gasteiger partial charge in [-0.25, -0.2) is 0 Å². The van der Waals surface area contributed by atoms with Crippen molar-refractivity contribution in [1.29, 1.82) is 0 Å². The summed E-state index contributed by atoms with van der Waals surface area (Å²) in [6, 6.07) is 0. The molecule has 0 aromatic carbocycles. The van der Waals surface area contributed by atoms with Gasteiger partial charge in [0.2, 0.25) is 0 Å². The van der Waals surface area contributed by atoms with Crippen LogP contribution in [0.1, 0.15) is 26.7 Å². The second kappa shape index (κ2) is 11.4. The largest absolute Gasteiger partial charge is 0.381 e. The topological polar surface area (TPSA) is 64.1 Å². The molecule has 2 fully saturated rings. The molecule has 0 amide bonds. The fourth-order valence-electron chi connectivity index (χ4n) is 2.50. The first-order chi connectivity index (χ1) is 10.7. The Morgan fingerprint density at radius 1 is 1.30 bits per heavy atom. The van der Waals surface area contributed by atoms with Gasteiger partial charge in [0.1, 0.15) is 0 Å². The maximum absolute atomic E-state index is 5.70. The Morgan fingerprint density at radius 3 is 2.74 bits per heavy atom. The van der Waals surface area contributed by atoms with Crippen LogP contribution >= 0.6 is 24.0 Å². The van der Waals surface area contributed by atoms with Crippen molar-refractivity contribution in [2.75, 3.05) is 59.3 Å². The highest BCUT2D eigenvalue weighted by atomic mass is 127. The lowest BCUT2D eigenvalue weighted by molar-refractivity contribution is -0.0945. The Bertz CT molecular complexity index is 345. The molecule has 1 atom stereocenters. The highest BCUT2D eigenvalue weighted by Crippen LogP contribution is 2.26. The van der Waals surface area contributed by atoms with Gasteiger partial charge >= 0.3 is 0 Å². The van der Waals surface area contributed by atoms with Crippen molar-refractivity contribution >= 4 is 29.9 Å². The molecule has 23 heavy (non-hydrogen) atoms. The smallest absolute Gasteiger partial charge is 0.191 e. The zero-order valence-electron chi connectivity index (χ0n) is 14.4. The van der Waals surface area contributed by atoms with Crippen molar-refractivity contribution in [1.82, 2.24) is 10.6 Å². The molecule has 0 spiro atoms. The Labute approximate surface area is 157 Å². The number of rotatable bonds is 9. The lowest BCUT2D eigenvalue weighted by atomic mass is 9.89. The summed E-state index contributed by atoms with van der Waals surface area (Å²) >= 11 is 0. The number of halogens is 1. The predicted molar refractivity (Wildman–Crippen MR) is 103 cm³/mol. The van der Waals surface area contributed by atoms with Gasteiger partial charge in [0.25, 0.3) is 0 Å². The standard InChI is InChI=1S/C16H31N3O3.HI/c1-3-17-15(19-11-16(2)12-22-13-16)18-6-4-7-20-9-14-5-8-21-10-14;/h14H,3-13H2,1-2H3,(H2,17,18,19);1H. The van der Waals surface area contributed by atoms with Crippen molar-refractivity contribution < 1.29 is 14.2 Å². The van der Waals surface area contributed by atoms with Gasteiger partial charge in [-0.3, -0.25) is 4.99 Å². The number of guanidine groups is 1. The molecule has 6 nitrogen and oxygen atoms in total. The van der Waals surface area contributed by atoms with Gasteiger partial charge in [-0.05, 0) is 19.8 Å². The average molecular weight is 441 g/mol. The molecule has 2 aliphatic heterocycles. The number of hydrogen-bond acceptors (Lipinski definition) is 4. The Kier molecular flexibility index (Phi) is 10.4. The summed E-state index contributed by atoms with van der Waals surface area (Å²) in [5, 5.41) is 6.64. The quantitative estimate of drug-likeness (QED) is 0.247. The number of hydrogen-bond donors (Lipinski definition) is 2. The molecule has 0 aromatic heterocycles. The van der Waals surface area contributed by atoms with Crippen LogP contribution in [-0.4, -0.2) is 65.2 Å². The van der Waals surface area contributed by atoms with E-state index in [0.29, 0.717) is 5.92 Å². The van der Waals surface area contributed by atoms with Crippen LogP contribution in [-0.2, 0) is 14.2 Å². The zero-order chi connectivity index (χ0) is 15.7. The van der Waals surface area contributed by atoms with Gasteiger partial charge in [0.15, 0.2) is 5.96 Å². The molecule has 0 radical (unpaired) electrons. The summed E-state index contributed by atoms with van der Waals surface area (Å²) in [4.78, 5) is 4.65. The van der Waals surface area contributed by atoms with Crippen molar-refractivity contribution in [2.45, 2.75) is 26.7 Å². The summed E-state index contributed by atoms with van der Waals surface area (Å²) in [5.41, 5.74) is 0.217. The third-order valence-electron chi connectivity index (χ3n) is 4.00. The molecule has 2 N–H and O–H groups in total. The summed E-state index contributed by atoms with van der Waals surface area (Å²) < 4.78 is 16.3. The van der Waals surface area contributed by atoms with Crippen molar-refractivity contribution in [3.05, 3.63) is 0 Å². The molecule has 7 heteroatoms. The van der Waals surface area contributed by atoms with Gasteiger partial charge < -0.3 is 24.8 Å². The van der Waals surface area contributed by atoms with Crippen molar-refractivity contribution in [3.8, 4) is 0 Å². The maximum Gasteiger partial charge on any atom is 0.191 e.